The average molecular weight is 686 g/mol. The Hall–Kier alpha value is -4.94. The number of methoxy groups -OCH3 is 1. The first-order chi connectivity index (χ1) is 22.6. The van der Waals surface area contributed by atoms with Crippen molar-refractivity contribution in [3.8, 4) is 23.0 Å². The quantitative estimate of drug-likeness (QED) is 0.111. The van der Waals surface area contributed by atoms with Crippen molar-refractivity contribution in [2.24, 2.45) is 5.10 Å². The Kier molecular flexibility index (Phi) is 12.3. The Morgan fingerprint density at radius 3 is 2.43 bits per heavy atom. The van der Waals surface area contributed by atoms with E-state index in [1.165, 1.54) is 13.3 Å². The monoisotopic (exact) mass is 684 g/mol. The molecule has 0 fully saturated rings. The molecule has 1 aliphatic heterocycles. The highest BCUT2D eigenvalue weighted by Crippen LogP contribution is 2.35. The van der Waals surface area contributed by atoms with Crippen molar-refractivity contribution in [2.45, 2.75) is 33.4 Å². The molecule has 0 saturated heterocycles. The van der Waals surface area contributed by atoms with E-state index in [9.17, 15) is 14.4 Å². The molecule has 0 radical (unpaired) electrons. The van der Waals surface area contributed by atoms with Crippen LogP contribution in [0.25, 0.3) is 0 Å². The summed E-state index contributed by atoms with van der Waals surface area (Å²) in [4.78, 5) is 37.3. The molecule has 47 heavy (non-hydrogen) atoms. The van der Waals surface area contributed by atoms with E-state index in [1.54, 1.807) is 68.4 Å². The van der Waals surface area contributed by atoms with Crippen LogP contribution in [0.3, 0.4) is 0 Å². The van der Waals surface area contributed by atoms with Gasteiger partial charge in [-0.05, 0) is 74.4 Å². The molecule has 3 amide bonds. The van der Waals surface area contributed by atoms with Crippen LogP contribution < -0.4 is 35.0 Å². The molecule has 0 spiro atoms. The van der Waals surface area contributed by atoms with Crippen LogP contribution in [-0.4, -0.2) is 51.1 Å². The molecule has 3 N–H and O–H groups in total. The predicted octanol–water partition coefficient (Wildman–Crippen LogP) is 5.70. The number of benzene rings is 3. The lowest BCUT2D eigenvalue weighted by Crippen LogP contribution is -2.45. The van der Waals surface area contributed by atoms with E-state index in [0.717, 1.165) is 5.56 Å². The van der Waals surface area contributed by atoms with Crippen LogP contribution in [0, 0.1) is 0 Å². The lowest BCUT2D eigenvalue weighted by molar-refractivity contribution is -0.139. The topological polar surface area (TPSA) is 146 Å². The number of ether oxygens (including phenoxy) is 5. The smallest absolute Gasteiger partial charge is 0.338 e. The summed E-state index contributed by atoms with van der Waals surface area (Å²) in [5.74, 6) is 0.486. The van der Waals surface area contributed by atoms with Crippen LogP contribution >= 0.6 is 23.2 Å². The maximum absolute atomic E-state index is 12.6. The minimum absolute atomic E-state index is 0.177. The summed E-state index contributed by atoms with van der Waals surface area (Å²) >= 11 is 12.2. The number of hydrogen-bond acceptors (Lipinski definition) is 9. The number of nitrogens with one attached hydrogen (secondary N) is 3. The van der Waals surface area contributed by atoms with Crippen LogP contribution in [0.1, 0.15) is 43.5 Å². The summed E-state index contributed by atoms with van der Waals surface area (Å²) in [5, 5.41) is 10.4. The first kappa shape index (κ1) is 34.9. The van der Waals surface area contributed by atoms with Gasteiger partial charge in [0, 0.05) is 21.3 Å². The van der Waals surface area contributed by atoms with Gasteiger partial charge < -0.3 is 34.3 Å². The minimum Gasteiger partial charge on any atom is -0.493 e. The number of hydrazone groups is 1. The Labute approximate surface area is 281 Å². The highest BCUT2D eigenvalue weighted by molar-refractivity contribution is 6.35. The van der Waals surface area contributed by atoms with Crippen molar-refractivity contribution in [1.29, 1.82) is 0 Å². The molecule has 12 nitrogen and oxygen atoms in total. The highest BCUT2D eigenvalue weighted by atomic mass is 35.5. The minimum atomic E-state index is -0.783. The number of esters is 1. The number of carbonyl (C=O) groups excluding carboxylic acids is 3. The lowest BCUT2D eigenvalue weighted by Gasteiger charge is -2.28. The van der Waals surface area contributed by atoms with E-state index in [-0.39, 0.29) is 36.9 Å². The summed E-state index contributed by atoms with van der Waals surface area (Å²) in [5.41, 5.74) is 5.04. The average Bonchev–Trinajstić information content (AvgIpc) is 3.04. The van der Waals surface area contributed by atoms with E-state index < -0.39 is 23.9 Å². The molecule has 4 rings (SSSR count). The zero-order valence-electron chi connectivity index (χ0n) is 26.1. The summed E-state index contributed by atoms with van der Waals surface area (Å²) < 4.78 is 28.0. The first-order valence-electron chi connectivity index (χ1n) is 14.5. The summed E-state index contributed by atoms with van der Waals surface area (Å²) in [7, 11) is 1.43. The van der Waals surface area contributed by atoms with E-state index in [4.69, 9.17) is 46.9 Å². The van der Waals surface area contributed by atoms with Gasteiger partial charge in [-0.3, -0.25) is 4.79 Å². The van der Waals surface area contributed by atoms with Crippen molar-refractivity contribution < 1.29 is 38.1 Å². The Morgan fingerprint density at radius 1 is 0.936 bits per heavy atom. The van der Waals surface area contributed by atoms with Gasteiger partial charge >= 0.3 is 12.0 Å². The molecule has 0 saturated carbocycles. The van der Waals surface area contributed by atoms with Crippen LogP contribution in [-0.2, 0) is 20.9 Å². The molecule has 1 atom stereocenters. The van der Waals surface area contributed by atoms with E-state index in [2.05, 4.69) is 21.2 Å². The Morgan fingerprint density at radius 2 is 1.70 bits per heavy atom. The van der Waals surface area contributed by atoms with Crippen molar-refractivity contribution in [3.63, 3.8) is 0 Å². The highest BCUT2D eigenvalue weighted by Gasteiger charge is 2.32. The number of nitrogens with zero attached hydrogens (tertiary/aromatic N) is 1. The third kappa shape index (κ3) is 9.30. The van der Waals surface area contributed by atoms with Gasteiger partial charge in [0.15, 0.2) is 29.6 Å². The zero-order chi connectivity index (χ0) is 33.9. The van der Waals surface area contributed by atoms with E-state index in [0.29, 0.717) is 45.0 Å². The van der Waals surface area contributed by atoms with Crippen molar-refractivity contribution >= 4 is 47.3 Å². The number of hydrogen-bond donors (Lipinski definition) is 3. The van der Waals surface area contributed by atoms with Gasteiger partial charge in [-0.2, -0.15) is 5.10 Å². The lowest BCUT2D eigenvalue weighted by atomic mass is 9.95. The van der Waals surface area contributed by atoms with Crippen molar-refractivity contribution in [3.05, 3.63) is 92.6 Å². The second-order valence-electron chi connectivity index (χ2n) is 9.95. The summed E-state index contributed by atoms with van der Waals surface area (Å²) in [6.07, 6.45) is 1.46. The molecule has 3 aromatic rings. The third-order valence-corrected chi connectivity index (χ3v) is 7.30. The number of amides is 3. The number of urea groups is 1. The van der Waals surface area contributed by atoms with Gasteiger partial charge in [0.25, 0.3) is 5.91 Å². The number of halogens is 2. The van der Waals surface area contributed by atoms with Gasteiger partial charge in [0.1, 0.15) is 6.61 Å². The van der Waals surface area contributed by atoms with Crippen LogP contribution in [0.4, 0.5) is 4.79 Å². The fourth-order valence-corrected chi connectivity index (χ4v) is 5.01. The first-order valence-corrected chi connectivity index (χ1v) is 15.3. The maximum atomic E-state index is 12.6. The molecule has 0 aromatic heterocycles. The fraction of sp³-hybridized carbons (Fsp3) is 0.273. The van der Waals surface area contributed by atoms with Gasteiger partial charge in [-0.25, -0.2) is 15.0 Å². The zero-order valence-corrected chi connectivity index (χ0v) is 27.7. The number of carbonyl (C=O) groups is 3. The predicted molar refractivity (Wildman–Crippen MR) is 176 cm³/mol. The molecule has 1 aliphatic rings. The van der Waals surface area contributed by atoms with Gasteiger partial charge in [-0.15, -0.1) is 0 Å². The maximum Gasteiger partial charge on any atom is 0.338 e. The molecular formula is C33H34Cl2N4O8. The largest absolute Gasteiger partial charge is 0.493 e. The molecule has 14 heteroatoms. The summed E-state index contributed by atoms with van der Waals surface area (Å²) in [6, 6.07) is 14.0. The molecule has 3 aromatic carbocycles. The van der Waals surface area contributed by atoms with Crippen LogP contribution in [0.5, 0.6) is 23.0 Å². The van der Waals surface area contributed by atoms with Crippen molar-refractivity contribution in [2.75, 3.05) is 26.9 Å². The van der Waals surface area contributed by atoms with Crippen LogP contribution in [0.15, 0.2) is 71.0 Å². The fourth-order valence-electron chi connectivity index (χ4n) is 4.55. The van der Waals surface area contributed by atoms with Gasteiger partial charge in [0.2, 0.25) is 0 Å². The van der Waals surface area contributed by atoms with Gasteiger partial charge in [-0.1, -0.05) is 35.3 Å². The van der Waals surface area contributed by atoms with Crippen molar-refractivity contribution in [1.82, 2.24) is 16.1 Å². The number of rotatable bonds is 14. The Balaban J connectivity index is 1.36. The van der Waals surface area contributed by atoms with E-state index in [1.807, 2.05) is 6.92 Å². The Bertz CT molecular complexity index is 1700. The third-order valence-electron chi connectivity index (χ3n) is 6.71. The normalized spacial score (nSPS) is 14.3. The number of allylic oxidation sites excluding steroid dienone is 1. The standard InChI is InChI=1S/C33H34Cl2N4O8/c1-5-44-28-13-20(7-11-26(28)46-17-22-8-10-23(34)15-24(22)35)16-36-39-29(40)18-47-25-12-9-21(14-27(25)43-4)31-30(32(41)45-6-2)19(3)37-33(42)38-31/h7-16,31H,5-6,17-18H2,1-4H3,(H,39,40)(H2,37,38,42)/b36-16-/t31-/m1/s1. The SMILES string of the molecule is CCOC(=O)C1=C(C)NC(=O)N[C@@H]1c1ccc(OCC(=O)N/N=C\c2ccc(OCc3ccc(Cl)cc3Cl)c(OCC)c2)c(OC)c1. The van der Waals surface area contributed by atoms with Crippen LogP contribution in [0.2, 0.25) is 10.0 Å². The molecule has 0 aliphatic carbocycles. The summed E-state index contributed by atoms with van der Waals surface area (Å²) in [6.45, 7) is 5.61. The molecule has 0 bridgehead atoms. The molecular weight excluding hydrogens is 651 g/mol. The van der Waals surface area contributed by atoms with E-state index >= 15 is 0 Å². The molecule has 248 valence electrons. The molecule has 0 unspecified atom stereocenters. The van der Waals surface area contributed by atoms with Gasteiger partial charge in [0.05, 0.1) is 38.2 Å². The molecule has 1 heterocycles. The second kappa shape index (κ2) is 16.6. The second-order valence-corrected chi connectivity index (χ2v) is 10.8.